The summed E-state index contributed by atoms with van der Waals surface area (Å²) in [7, 11) is 0. The second kappa shape index (κ2) is 4.53. The molecule has 1 aromatic rings. The number of carbonyl (C=O) groups is 1. The van der Waals surface area contributed by atoms with Crippen LogP contribution in [0.5, 0.6) is 0 Å². The van der Waals surface area contributed by atoms with Crippen molar-refractivity contribution in [2.45, 2.75) is 19.4 Å². The van der Waals surface area contributed by atoms with E-state index in [9.17, 15) is 10.1 Å². The summed E-state index contributed by atoms with van der Waals surface area (Å²) in [5.74, 6) is 0. The van der Waals surface area contributed by atoms with E-state index in [1.54, 1.807) is 20.0 Å². The van der Waals surface area contributed by atoms with Crippen LogP contribution in [0.4, 0.5) is 4.79 Å². The average Bonchev–Trinajstić information content (AvgIpc) is 2.39. The van der Waals surface area contributed by atoms with E-state index >= 15 is 0 Å². The Bertz CT molecular complexity index is 545. The first kappa shape index (κ1) is 12.2. The van der Waals surface area contributed by atoms with Crippen molar-refractivity contribution in [1.29, 1.82) is 5.26 Å². The third-order valence-electron chi connectivity index (χ3n) is 3.05. The monoisotopic (exact) mass is 242 g/mol. The highest BCUT2D eigenvalue weighted by molar-refractivity contribution is 5.75. The first-order chi connectivity index (χ1) is 8.63. The van der Waals surface area contributed by atoms with E-state index in [1.807, 2.05) is 30.3 Å². The molecule has 1 atom stereocenters. The fourth-order valence-electron chi connectivity index (χ4n) is 2.07. The lowest BCUT2D eigenvalue weighted by Crippen LogP contribution is -2.45. The van der Waals surface area contributed by atoms with E-state index in [0.29, 0.717) is 0 Å². The van der Waals surface area contributed by atoms with Crippen molar-refractivity contribution in [2.75, 3.05) is 6.61 Å². The molecular weight excluding hydrogens is 228 g/mol. The van der Waals surface area contributed by atoms with Gasteiger partial charge in [0.2, 0.25) is 0 Å². The van der Waals surface area contributed by atoms with Crippen LogP contribution < -0.4 is 0 Å². The summed E-state index contributed by atoms with van der Waals surface area (Å²) in [5, 5.41) is 9.45. The minimum Gasteiger partial charge on any atom is -0.449 e. The fraction of sp³-hybridized carbons (Fsp3) is 0.286. The maximum absolute atomic E-state index is 11.9. The van der Waals surface area contributed by atoms with Crippen LogP contribution in [0.15, 0.2) is 30.5 Å². The summed E-state index contributed by atoms with van der Waals surface area (Å²) in [6.07, 6.45) is 2.90. The second-order valence-corrected chi connectivity index (χ2v) is 4.16. The lowest BCUT2D eigenvalue weighted by molar-refractivity contribution is 0.0984. The summed E-state index contributed by atoms with van der Waals surface area (Å²) < 4.78 is 4.98. The van der Waals surface area contributed by atoms with Gasteiger partial charge in [-0.1, -0.05) is 24.3 Å². The highest BCUT2D eigenvalue weighted by Gasteiger charge is 2.40. The molecule has 1 aromatic carbocycles. The van der Waals surface area contributed by atoms with Crippen LogP contribution >= 0.6 is 0 Å². The van der Waals surface area contributed by atoms with Gasteiger partial charge in [-0.2, -0.15) is 5.26 Å². The maximum atomic E-state index is 11.9. The lowest BCUT2D eigenvalue weighted by atomic mass is 9.86. The summed E-state index contributed by atoms with van der Waals surface area (Å²) in [6.45, 7) is 3.74. The molecule has 4 nitrogen and oxygen atoms in total. The molecule has 1 aliphatic rings. The molecule has 4 heteroatoms. The van der Waals surface area contributed by atoms with Crippen molar-refractivity contribution in [1.82, 2.24) is 4.90 Å². The molecule has 0 aromatic heterocycles. The van der Waals surface area contributed by atoms with E-state index in [0.717, 1.165) is 11.1 Å². The lowest BCUT2D eigenvalue weighted by Gasteiger charge is -2.36. The topological polar surface area (TPSA) is 53.3 Å². The second-order valence-electron chi connectivity index (χ2n) is 4.16. The molecule has 0 radical (unpaired) electrons. The number of benzene rings is 1. The van der Waals surface area contributed by atoms with Crippen molar-refractivity contribution in [3.8, 4) is 6.07 Å². The predicted molar refractivity (Wildman–Crippen MR) is 67.3 cm³/mol. The summed E-state index contributed by atoms with van der Waals surface area (Å²) in [4.78, 5) is 13.2. The zero-order valence-corrected chi connectivity index (χ0v) is 10.4. The van der Waals surface area contributed by atoms with Crippen LogP contribution in [0.2, 0.25) is 0 Å². The third kappa shape index (κ3) is 1.74. The zero-order chi connectivity index (χ0) is 13.2. The number of hydrogen-bond donors (Lipinski definition) is 0. The Balaban J connectivity index is 2.49. The third-order valence-corrected chi connectivity index (χ3v) is 3.05. The van der Waals surface area contributed by atoms with Gasteiger partial charge in [-0.05, 0) is 31.1 Å². The largest absolute Gasteiger partial charge is 0.449 e. The van der Waals surface area contributed by atoms with Crippen molar-refractivity contribution in [2.24, 2.45) is 0 Å². The van der Waals surface area contributed by atoms with Gasteiger partial charge < -0.3 is 4.74 Å². The molecule has 1 amide bonds. The Morgan fingerprint density at radius 2 is 2.22 bits per heavy atom. The number of fused-ring (bicyclic) bond motifs is 1. The Labute approximate surface area is 106 Å². The molecular formula is C14H14N2O2. The summed E-state index contributed by atoms with van der Waals surface area (Å²) in [5.41, 5.74) is 0.725. The number of rotatable bonds is 1. The van der Waals surface area contributed by atoms with Gasteiger partial charge >= 0.3 is 6.09 Å². The van der Waals surface area contributed by atoms with E-state index in [4.69, 9.17) is 4.74 Å². The normalized spacial score (nSPS) is 21.1. The first-order valence-electron chi connectivity index (χ1n) is 5.78. The first-order valence-corrected chi connectivity index (χ1v) is 5.78. The van der Waals surface area contributed by atoms with Gasteiger partial charge in [0.1, 0.15) is 0 Å². The van der Waals surface area contributed by atoms with Crippen LogP contribution in [0.25, 0.3) is 6.08 Å². The number of ether oxygens (including phenoxy) is 1. The molecule has 0 spiro atoms. The molecule has 0 N–H and O–H groups in total. The fourth-order valence-corrected chi connectivity index (χ4v) is 2.07. The molecule has 1 unspecified atom stereocenters. The molecule has 0 aliphatic carbocycles. The van der Waals surface area contributed by atoms with Crippen LogP contribution in [0, 0.1) is 11.3 Å². The number of nitriles is 1. The average molecular weight is 242 g/mol. The summed E-state index contributed by atoms with van der Waals surface area (Å²) >= 11 is 0. The molecule has 0 bridgehead atoms. The molecule has 0 fully saturated rings. The SMILES string of the molecule is CCOC(=O)N1C=Cc2ccccc2C1(C)C#N. The van der Waals surface area contributed by atoms with Crippen molar-refractivity contribution in [3.05, 3.63) is 41.6 Å². The smallest absolute Gasteiger partial charge is 0.415 e. The zero-order valence-electron chi connectivity index (χ0n) is 10.4. The van der Waals surface area contributed by atoms with Gasteiger partial charge in [0.05, 0.1) is 12.7 Å². The van der Waals surface area contributed by atoms with Crippen LogP contribution in [0.3, 0.4) is 0 Å². The van der Waals surface area contributed by atoms with Gasteiger partial charge in [-0.25, -0.2) is 4.79 Å². The van der Waals surface area contributed by atoms with E-state index < -0.39 is 11.6 Å². The minimum atomic E-state index is -1.03. The molecule has 1 aliphatic heterocycles. The van der Waals surface area contributed by atoms with E-state index in [-0.39, 0.29) is 6.61 Å². The standard InChI is InChI=1S/C14H14N2O2/c1-3-18-13(17)16-9-8-11-6-4-5-7-12(11)14(16,2)10-15/h4-9H,3H2,1-2H3. The number of carbonyl (C=O) groups excluding carboxylic acids is 1. The Morgan fingerprint density at radius 3 is 2.89 bits per heavy atom. The van der Waals surface area contributed by atoms with Gasteiger partial charge in [0.25, 0.3) is 0 Å². The van der Waals surface area contributed by atoms with Gasteiger partial charge in [0.15, 0.2) is 5.54 Å². The van der Waals surface area contributed by atoms with Crippen LogP contribution in [-0.4, -0.2) is 17.6 Å². The quantitative estimate of drug-likeness (QED) is 0.760. The molecule has 2 rings (SSSR count). The minimum absolute atomic E-state index is 0.284. The molecule has 18 heavy (non-hydrogen) atoms. The number of hydrogen-bond acceptors (Lipinski definition) is 3. The highest BCUT2D eigenvalue weighted by Crippen LogP contribution is 2.35. The number of nitrogens with zero attached hydrogens (tertiary/aromatic N) is 2. The molecule has 0 saturated heterocycles. The van der Waals surface area contributed by atoms with E-state index in [2.05, 4.69) is 6.07 Å². The van der Waals surface area contributed by atoms with Gasteiger partial charge in [-0.15, -0.1) is 0 Å². The molecule has 92 valence electrons. The van der Waals surface area contributed by atoms with Gasteiger partial charge in [0, 0.05) is 6.20 Å². The van der Waals surface area contributed by atoms with Gasteiger partial charge in [-0.3, -0.25) is 4.90 Å². The highest BCUT2D eigenvalue weighted by atomic mass is 16.6. The Kier molecular flexibility index (Phi) is 3.07. The van der Waals surface area contributed by atoms with Crippen molar-refractivity contribution in [3.63, 3.8) is 0 Å². The maximum Gasteiger partial charge on any atom is 0.415 e. The number of amides is 1. The molecule has 1 heterocycles. The summed E-state index contributed by atoms with van der Waals surface area (Å²) in [6, 6.07) is 9.74. The van der Waals surface area contributed by atoms with Crippen molar-refractivity contribution < 1.29 is 9.53 Å². The Hall–Kier alpha value is -2.28. The predicted octanol–water partition coefficient (Wildman–Crippen LogP) is 2.87. The molecule has 0 saturated carbocycles. The van der Waals surface area contributed by atoms with E-state index in [1.165, 1.54) is 4.90 Å². The van der Waals surface area contributed by atoms with Crippen molar-refractivity contribution >= 4 is 12.2 Å². The van der Waals surface area contributed by atoms with Crippen LogP contribution in [0.1, 0.15) is 25.0 Å². The van der Waals surface area contributed by atoms with Crippen LogP contribution in [-0.2, 0) is 10.3 Å². The Morgan fingerprint density at radius 1 is 1.50 bits per heavy atom.